The van der Waals surface area contributed by atoms with Crippen LogP contribution in [0.4, 0.5) is 10.5 Å². The first-order valence-electron chi connectivity index (χ1n) is 18.9. The average molecular weight is 697 g/mol. The monoisotopic (exact) mass is 696 g/mol. The zero-order chi connectivity index (χ0) is 35.5. The van der Waals surface area contributed by atoms with Crippen molar-refractivity contribution in [3.8, 4) is 16.9 Å². The van der Waals surface area contributed by atoms with E-state index in [2.05, 4.69) is 70.3 Å². The molecule has 0 atom stereocenters. The van der Waals surface area contributed by atoms with E-state index in [1.54, 1.807) is 12.0 Å². The first-order valence-corrected chi connectivity index (χ1v) is 18.9. The summed E-state index contributed by atoms with van der Waals surface area (Å²) < 4.78 is 18.2. The number of carbonyl (C=O) groups excluding carboxylic acids is 3. The number of benzene rings is 2. The maximum absolute atomic E-state index is 14.5. The Morgan fingerprint density at radius 1 is 0.863 bits per heavy atom. The number of aromatic nitrogens is 2. The number of esters is 1. The minimum absolute atomic E-state index is 0.117. The Labute approximate surface area is 301 Å². The van der Waals surface area contributed by atoms with Crippen LogP contribution in [0.15, 0.2) is 54.9 Å². The molecule has 4 aliphatic rings. The van der Waals surface area contributed by atoms with Gasteiger partial charge in [0.15, 0.2) is 0 Å². The highest BCUT2D eigenvalue weighted by atomic mass is 16.6. The van der Waals surface area contributed by atoms with E-state index >= 15 is 0 Å². The molecule has 1 aromatic heterocycles. The Balaban J connectivity index is 0.999. The molecule has 1 saturated heterocycles. The predicted octanol–water partition coefficient (Wildman–Crippen LogP) is 7.70. The zero-order valence-electron chi connectivity index (χ0n) is 30.3. The number of nitrogens with zero attached hydrogens (tertiary/aromatic N) is 4. The number of anilines is 1. The number of amides is 2. The lowest BCUT2D eigenvalue weighted by molar-refractivity contribution is -0.143. The summed E-state index contributed by atoms with van der Waals surface area (Å²) in [5.74, 6) is 1.80. The van der Waals surface area contributed by atoms with Crippen molar-refractivity contribution in [3.63, 3.8) is 0 Å². The van der Waals surface area contributed by atoms with Gasteiger partial charge >= 0.3 is 12.1 Å². The number of methoxy groups -OCH3 is 2. The van der Waals surface area contributed by atoms with Crippen molar-refractivity contribution >= 4 is 23.7 Å². The van der Waals surface area contributed by atoms with Gasteiger partial charge in [-0.2, -0.15) is 5.10 Å². The summed E-state index contributed by atoms with van der Waals surface area (Å²) in [6.07, 6.45) is 13.3. The molecule has 10 nitrogen and oxygen atoms in total. The van der Waals surface area contributed by atoms with E-state index in [1.165, 1.54) is 31.1 Å². The number of hydrogen-bond acceptors (Lipinski definition) is 7. The molecule has 0 bridgehead atoms. The van der Waals surface area contributed by atoms with Gasteiger partial charge in [0.2, 0.25) is 5.91 Å². The second kappa shape index (κ2) is 15.5. The summed E-state index contributed by atoms with van der Waals surface area (Å²) in [5, 5.41) is 4.62. The summed E-state index contributed by atoms with van der Waals surface area (Å²) >= 11 is 0. The molecule has 3 aromatic rings. The van der Waals surface area contributed by atoms with E-state index in [4.69, 9.17) is 14.2 Å². The number of likely N-dealkylation sites (tertiary alicyclic amines) is 1. The van der Waals surface area contributed by atoms with Gasteiger partial charge < -0.3 is 24.0 Å². The molecule has 2 aromatic carbocycles. The van der Waals surface area contributed by atoms with Crippen molar-refractivity contribution in [3.05, 3.63) is 66.0 Å². The molecule has 0 spiro atoms. The van der Waals surface area contributed by atoms with E-state index < -0.39 is 0 Å². The van der Waals surface area contributed by atoms with E-state index in [1.807, 2.05) is 6.20 Å². The Hall–Kier alpha value is -4.34. The Bertz CT molecular complexity index is 1700. The van der Waals surface area contributed by atoms with E-state index in [-0.39, 0.29) is 35.9 Å². The fourth-order valence-corrected chi connectivity index (χ4v) is 8.33. The van der Waals surface area contributed by atoms with Gasteiger partial charge in [0.1, 0.15) is 11.9 Å². The number of ether oxygens (including phenoxy) is 3. The van der Waals surface area contributed by atoms with Gasteiger partial charge in [-0.25, -0.2) is 4.79 Å². The van der Waals surface area contributed by atoms with Crippen molar-refractivity contribution in [1.82, 2.24) is 14.7 Å². The summed E-state index contributed by atoms with van der Waals surface area (Å²) in [7, 11) is 3.10. The molecule has 10 heteroatoms. The number of aryl methyl sites for hydroxylation is 1. The minimum atomic E-state index is -0.324. The van der Waals surface area contributed by atoms with Crippen molar-refractivity contribution < 1.29 is 28.6 Å². The van der Waals surface area contributed by atoms with E-state index in [0.717, 1.165) is 48.2 Å². The Morgan fingerprint density at radius 3 is 2.31 bits per heavy atom. The number of carbonyl (C=O) groups is 3. The molecule has 4 fully saturated rings. The van der Waals surface area contributed by atoms with Crippen LogP contribution in [0.25, 0.3) is 11.1 Å². The highest BCUT2D eigenvalue weighted by Crippen LogP contribution is 2.40. The molecule has 7 rings (SSSR count). The van der Waals surface area contributed by atoms with Crippen LogP contribution in [-0.2, 0) is 19.1 Å². The molecule has 51 heavy (non-hydrogen) atoms. The van der Waals surface area contributed by atoms with E-state index in [0.29, 0.717) is 69.6 Å². The predicted molar refractivity (Wildman–Crippen MR) is 195 cm³/mol. The third-order valence-electron chi connectivity index (χ3n) is 11.6. The molecular weight excluding hydrogens is 644 g/mol. The lowest BCUT2D eigenvalue weighted by Gasteiger charge is -2.39. The third-order valence-corrected chi connectivity index (χ3v) is 11.6. The molecular formula is C41H52N4O6. The molecule has 0 N–H and O–H groups in total. The van der Waals surface area contributed by atoms with Crippen molar-refractivity contribution in [2.24, 2.45) is 17.8 Å². The first kappa shape index (κ1) is 35.1. The smallest absolute Gasteiger partial charge is 0.410 e. The van der Waals surface area contributed by atoms with Crippen LogP contribution in [0.5, 0.6) is 5.75 Å². The summed E-state index contributed by atoms with van der Waals surface area (Å²) in [6.45, 7) is 3.84. The van der Waals surface area contributed by atoms with Crippen molar-refractivity contribution in [2.45, 2.75) is 95.6 Å². The van der Waals surface area contributed by atoms with Gasteiger partial charge in [0.05, 0.1) is 32.9 Å². The maximum atomic E-state index is 14.5. The summed E-state index contributed by atoms with van der Waals surface area (Å²) in [4.78, 5) is 42.5. The lowest BCUT2D eigenvalue weighted by Crippen LogP contribution is -2.51. The zero-order valence-corrected chi connectivity index (χ0v) is 30.3. The molecule has 3 aliphatic carbocycles. The van der Waals surface area contributed by atoms with Gasteiger partial charge in [-0.05, 0) is 118 Å². The van der Waals surface area contributed by atoms with Crippen LogP contribution in [0.1, 0.15) is 93.7 Å². The minimum Gasteiger partial charge on any atom is -0.496 e. The maximum Gasteiger partial charge on any atom is 0.410 e. The highest BCUT2D eigenvalue weighted by molar-refractivity contribution is 5.95. The van der Waals surface area contributed by atoms with Gasteiger partial charge in [-0.3, -0.25) is 14.3 Å². The van der Waals surface area contributed by atoms with Gasteiger partial charge in [-0.1, -0.05) is 24.3 Å². The molecule has 0 radical (unpaired) electrons. The third kappa shape index (κ3) is 8.26. The molecule has 3 saturated carbocycles. The molecule has 0 unspecified atom stereocenters. The lowest BCUT2D eigenvalue weighted by atomic mass is 9.78. The molecule has 1 aliphatic heterocycles. The highest BCUT2D eigenvalue weighted by Gasteiger charge is 2.37. The normalized spacial score (nSPS) is 23.6. The number of hydrogen-bond donors (Lipinski definition) is 0. The Kier molecular flexibility index (Phi) is 10.7. The average Bonchev–Trinajstić information content (AvgIpc) is 3.87. The first-order chi connectivity index (χ1) is 24.8. The van der Waals surface area contributed by atoms with Crippen LogP contribution >= 0.6 is 0 Å². The SMILES string of the molecule is COC(=O)CC1CN(C(=O)OC2CCC(C(=O)N(CC3CCC(c4ccc(OC)c(C)c4)CC3)c3cccc(-c4cnn(C5CC5)c4)c3)CC2)C1. The largest absolute Gasteiger partial charge is 0.496 e. The molecule has 2 amide bonds. The second-order valence-electron chi connectivity index (χ2n) is 15.3. The van der Waals surface area contributed by atoms with Gasteiger partial charge in [0.25, 0.3) is 0 Å². The molecule has 2 heterocycles. The fourth-order valence-electron chi connectivity index (χ4n) is 8.33. The van der Waals surface area contributed by atoms with Crippen LogP contribution in [-0.4, -0.2) is 72.6 Å². The van der Waals surface area contributed by atoms with Crippen LogP contribution in [0.2, 0.25) is 0 Å². The van der Waals surface area contributed by atoms with Crippen LogP contribution < -0.4 is 9.64 Å². The fraction of sp³-hybridized carbons (Fsp3) is 0.561. The van der Waals surface area contributed by atoms with Gasteiger partial charge in [0, 0.05) is 48.9 Å². The number of rotatable bonds is 11. The van der Waals surface area contributed by atoms with Crippen LogP contribution in [0.3, 0.4) is 0 Å². The van der Waals surface area contributed by atoms with Gasteiger partial charge in [-0.15, -0.1) is 0 Å². The van der Waals surface area contributed by atoms with Crippen molar-refractivity contribution in [1.29, 1.82) is 0 Å². The second-order valence-corrected chi connectivity index (χ2v) is 15.3. The summed E-state index contributed by atoms with van der Waals surface area (Å²) in [5.41, 5.74) is 5.65. The summed E-state index contributed by atoms with van der Waals surface area (Å²) in [6, 6.07) is 15.5. The van der Waals surface area contributed by atoms with Crippen molar-refractivity contribution in [2.75, 3.05) is 38.8 Å². The topological polar surface area (TPSA) is 103 Å². The molecule has 272 valence electrons. The standard InChI is InChI=1S/C41H52N4O6/c1-27-19-33(13-18-38(27)49-2)30-9-7-28(8-10-30)25-44(36-6-4-5-32(21-36)34-22-42-45(26-34)35-14-15-35)40(47)31-11-16-37(17-12-31)51-41(48)43-23-29(24-43)20-39(46)50-3/h4-6,13,18-19,21-22,26,28-31,35,37H,7-12,14-17,20,23-25H2,1-3H3. The van der Waals surface area contributed by atoms with Crippen LogP contribution in [0, 0.1) is 24.7 Å². The Morgan fingerprint density at radius 2 is 1.63 bits per heavy atom. The quantitative estimate of drug-likeness (QED) is 0.189. The van der Waals surface area contributed by atoms with E-state index in [9.17, 15) is 14.4 Å².